The fourth-order valence-corrected chi connectivity index (χ4v) is 3.50. The lowest BCUT2D eigenvalue weighted by molar-refractivity contribution is -0.137. The van der Waals surface area contributed by atoms with E-state index in [-0.39, 0.29) is 18.4 Å². The minimum atomic E-state index is -0.0453. The molecule has 1 N–H and O–H groups in total. The van der Waals surface area contributed by atoms with Gasteiger partial charge in [0.25, 0.3) is 5.91 Å². The first kappa shape index (κ1) is 20.2. The summed E-state index contributed by atoms with van der Waals surface area (Å²) in [5.41, 5.74) is 1.91. The fraction of sp³-hybridized carbons (Fsp3) is 0.333. The summed E-state index contributed by atoms with van der Waals surface area (Å²) in [5, 5.41) is 2.87. The number of hydrogen-bond acceptors (Lipinski definition) is 5. The molecule has 0 radical (unpaired) electrons. The van der Waals surface area contributed by atoms with E-state index in [0.717, 1.165) is 5.75 Å². The highest BCUT2D eigenvalue weighted by atomic mass is 32.2. The maximum absolute atomic E-state index is 12.1. The Labute approximate surface area is 169 Å². The Bertz CT molecular complexity index is 762. The summed E-state index contributed by atoms with van der Waals surface area (Å²) in [6.45, 7) is 2.36. The van der Waals surface area contributed by atoms with Gasteiger partial charge in [0.05, 0.1) is 19.0 Å². The highest BCUT2D eigenvalue weighted by Gasteiger charge is 2.17. The molecule has 0 bridgehead atoms. The van der Waals surface area contributed by atoms with Gasteiger partial charge in [0.15, 0.2) is 6.61 Å². The zero-order chi connectivity index (χ0) is 19.6. The summed E-state index contributed by atoms with van der Waals surface area (Å²) in [6, 6.07) is 17.1. The van der Waals surface area contributed by atoms with Crippen LogP contribution in [-0.2, 0) is 20.1 Å². The average Bonchev–Trinajstić information content (AvgIpc) is 2.74. The van der Waals surface area contributed by atoms with Crippen molar-refractivity contribution in [1.29, 1.82) is 0 Å². The summed E-state index contributed by atoms with van der Waals surface area (Å²) in [4.78, 5) is 25.9. The molecule has 1 heterocycles. The molecule has 1 fully saturated rings. The lowest BCUT2D eigenvalue weighted by Gasteiger charge is -2.26. The van der Waals surface area contributed by atoms with E-state index in [4.69, 9.17) is 9.47 Å². The SMILES string of the molecule is O=C(CSCc1ccccc1)Nc1ccc(OCC(=O)N2CCOCC2)cc1. The number of nitrogens with zero attached hydrogens (tertiary/aromatic N) is 1. The number of carbonyl (C=O) groups is 2. The van der Waals surface area contributed by atoms with E-state index in [1.54, 1.807) is 40.9 Å². The second-order valence-electron chi connectivity index (χ2n) is 6.33. The Hall–Kier alpha value is -2.51. The molecule has 3 rings (SSSR count). The molecule has 1 aliphatic rings. The van der Waals surface area contributed by atoms with E-state index in [1.165, 1.54) is 5.56 Å². The van der Waals surface area contributed by atoms with Crippen LogP contribution < -0.4 is 10.1 Å². The first-order valence-electron chi connectivity index (χ1n) is 9.20. The van der Waals surface area contributed by atoms with Crippen molar-refractivity contribution in [3.63, 3.8) is 0 Å². The number of anilines is 1. The van der Waals surface area contributed by atoms with Crippen LogP contribution >= 0.6 is 11.8 Å². The van der Waals surface area contributed by atoms with Crippen molar-refractivity contribution in [3.8, 4) is 5.75 Å². The van der Waals surface area contributed by atoms with Crippen molar-refractivity contribution in [3.05, 3.63) is 60.2 Å². The number of morpholine rings is 1. The number of nitrogens with one attached hydrogen (secondary N) is 1. The van der Waals surface area contributed by atoms with Gasteiger partial charge in [0.2, 0.25) is 5.91 Å². The maximum Gasteiger partial charge on any atom is 0.260 e. The number of rotatable bonds is 8. The highest BCUT2D eigenvalue weighted by Crippen LogP contribution is 2.17. The lowest BCUT2D eigenvalue weighted by atomic mass is 10.2. The normalized spacial score (nSPS) is 13.8. The van der Waals surface area contributed by atoms with Gasteiger partial charge in [-0.25, -0.2) is 0 Å². The molecule has 148 valence electrons. The van der Waals surface area contributed by atoms with Gasteiger partial charge in [-0.2, -0.15) is 0 Å². The quantitative estimate of drug-likeness (QED) is 0.738. The molecular formula is C21H24N2O4S. The molecule has 2 aromatic rings. The molecular weight excluding hydrogens is 376 g/mol. The molecule has 1 saturated heterocycles. The van der Waals surface area contributed by atoms with Gasteiger partial charge in [0, 0.05) is 24.5 Å². The minimum Gasteiger partial charge on any atom is -0.484 e. The van der Waals surface area contributed by atoms with Crippen molar-refractivity contribution >= 4 is 29.3 Å². The van der Waals surface area contributed by atoms with Gasteiger partial charge in [-0.1, -0.05) is 30.3 Å². The molecule has 6 nitrogen and oxygen atoms in total. The van der Waals surface area contributed by atoms with Gasteiger partial charge >= 0.3 is 0 Å². The van der Waals surface area contributed by atoms with Crippen LogP contribution in [0.15, 0.2) is 54.6 Å². The Morgan fingerprint density at radius 3 is 2.46 bits per heavy atom. The molecule has 7 heteroatoms. The second kappa shape index (κ2) is 10.7. The number of carbonyl (C=O) groups excluding carboxylic acids is 2. The molecule has 0 aromatic heterocycles. The topological polar surface area (TPSA) is 67.9 Å². The number of amides is 2. The van der Waals surface area contributed by atoms with Crippen LogP contribution in [-0.4, -0.2) is 55.4 Å². The van der Waals surface area contributed by atoms with E-state index in [2.05, 4.69) is 5.32 Å². The summed E-state index contributed by atoms with van der Waals surface area (Å²) in [7, 11) is 0. The summed E-state index contributed by atoms with van der Waals surface area (Å²) >= 11 is 1.57. The maximum atomic E-state index is 12.1. The Kier molecular flexibility index (Phi) is 7.75. The third kappa shape index (κ3) is 6.58. The van der Waals surface area contributed by atoms with Gasteiger partial charge in [-0.3, -0.25) is 9.59 Å². The van der Waals surface area contributed by atoms with Crippen LogP contribution in [0.2, 0.25) is 0 Å². The first-order valence-corrected chi connectivity index (χ1v) is 10.4. The molecule has 2 amide bonds. The smallest absolute Gasteiger partial charge is 0.260 e. The lowest BCUT2D eigenvalue weighted by Crippen LogP contribution is -2.42. The number of thioether (sulfide) groups is 1. The number of ether oxygens (including phenoxy) is 2. The molecule has 1 aliphatic heterocycles. The van der Waals surface area contributed by atoms with Crippen molar-refractivity contribution in [2.45, 2.75) is 5.75 Å². The molecule has 0 unspecified atom stereocenters. The Morgan fingerprint density at radius 2 is 1.75 bits per heavy atom. The van der Waals surface area contributed by atoms with E-state index >= 15 is 0 Å². The van der Waals surface area contributed by atoms with Crippen LogP contribution in [0.3, 0.4) is 0 Å². The van der Waals surface area contributed by atoms with Crippen molar-refractivity contribution < 1.29 is 19.1 Å². The third-order valence-electron chi connectivity index (χ3n) is 4.21. The Morgan fingerprint density at radius 1 is 1.04 bits per heavy atom. The predicted molar refractivity (Wildman–Crippen MR) is 111 cm³/mol. The Balaban J connectivity index is 1.37. The fourth-order valence-electron chi connectivity index (χ4n) is 2.72. The van der Waals surface area contributed by atoms with Crippen molar-refractivity contribution in [1.82, 2.24) is 4.90 Å². The average molecular weight is 401 g/mol. The monoisotopic (exact) mass is 400 g/mol. The summed E-state index contributed by atoms with van der Waals surface area (Å²) in [5.74, 6) is 1.70. The van der Waals surface area contributed by atoms with Gasteiger partial charge in [0.1, 0.15) is 5.75 Å². The number of hydrogen-bond donors (Lipinski definition) is 1. The minimum absolute atomic E-state index is 0.00182. The second-order valence-corrected chi connectivity index (χ2v) is 7.32. The molecule has 2 aromatic carbocycles. The molecule has 0 atom stereocenters. The van der Waals surface area contributed by atoms with Crippen molar-refractivity contribution in [2.24, 2.45) is 0 Å². The predicted octanol–water partition coefficient (Wildman–Crippen LogP) is 2.80. The van der Waals surface area contributed by atoms with Crippen LogP contribution in [0.25, 0.3) is 0 Å². The molecule has 28 heavy (non-hydrogen) atoms. The van der Waals surface area contributed by atoms with E-state index in [9.17, 15) is 9.59 Å². The summed E-state index contributed by atoms with van der Waals surface area (Å²) in [6.07, 6.45) is 0. The molecule has 0 saturated carbocycles. The first-order chi connectivity index (χ1) is 13.7. The third-order valence-corrected chi connectivity index (χ3v) is 5.21. The van der Waals surface area contributed by atoms with Crippen molar-refractivity contribution in [2.75, 3.05) is 44.0 Å². The summed E-state index contributed by atoms with van der Waals surface area (Å²) < 4.78 is 10.8. The van der Waals surface area contributed by atoms with Gasteiger partial charge < -0.3 is 19.7 Å². The van der Waals surface area contributed by atoms with E-state index in [0.29, 0.717) is 43.5 Å². The largest absolute Gasteiger partial charge is 0.484 e. The van der Waals surface area contributed by atoms with Gasteiger partial charge in [-0.15, -0.1) is 11.8 Å². The van der Waals surface area contributed by atoms with Crippen LogP contribution in [0.4, 0.5) is 5.69 Å². The zero-order valence-electron chi connectivity index (χ0n) is 15.6. The van der Waals surface area contributed by atoms with Crippen LogP contribution in [0.5, 0.6) is 5.75 Å². The molecule has 0 aliphatic carbocycles. The van der Waals surface area contributed by atoms with Crippen LogP contribution in [0.1, 0.15) is 5.56 Å². The highest BCUT2D eigenvalue weighted by molar-refractivity contribution is 7.99. The standard InChI is InChI=1S/C21H24N2O4S/c24-20(16-28-15-17-4-2-1-3-5-17)22-18-6-8-19(9-7-18)27-14-21(25)23-10-12-26-13-11-23/h1-9H,10-16H2,(H,22,24). The van der Waals surface area contributed by atoms with E-state index in [1.807, 2.05) is 30.3 Å². The number of benzene rings is 2. The zero-order valence-corrected chi connectivity index (χ0v) is 16.5. The van der Waals surface area contributed by atoms with E-state index < -0.39 is 0 Å². The molecule has 0 spiro atoms. The van der Waals surface area contributed by atoms with Crippen LogP contribution in [0, 0.1) is 0 Å². The van der Waals surface area contributed by atoms with Gasteiger partial charge in [-0.05, 0) is 29.8 Å².